The number of nitrogens with zero attached hydrogens (tertiary/aromatic N) is 1. The minimum Gasteiger partial charge on any atom is -0.460 e. The van der Waals surface area contributed by atoms with Crippen molar-refractivity contribution in [2.45, 2.75) is 54.1 Å². The first-order valence-corrected chi connectivity index (χ1v) is 13.9. The van der Waals surface area contributed by atoms with Crippen LogP contribution in [0.5, 0.6) is 0 Å². The maximum Gasteiger partial charge on any atom is 0.306 e. The molecule has 2 rings (SSSR count). The lowest BCUT2D eigenvalue weighted by molar-refractivity contribution is -0.870. The number of likely N-dealkylation sites (N-methyl/N-ethyl adjacent to an activating group) is 1. The highest BCUT2D eigenvalue weighted by atomic mass is 31.2. The van der Waals surface area contributed by atoms with Crippen LogP contribution < -0.4 is 0 Å². The van der Waals surface area contributed by atoms with Crippen molar-refractivity contribution in [3.05, 3.63) is 68.8 Å². The van der Waals surface area contributed by atoms with Gasteiger partial charge < -0.3 is 13.8 Å². The van der Waals surface area contributed by atoms with Crippen molar-refractivity contribution in [2.75, 3.05) is 40.5 Å². The predicted octanol–water partition coefficient (Wildman–Crippen LogP) is 5.88. The van der Waals surface area contributed by atoms with Gasteiger partial charge in [-0.05, 0) is 69.4 Å². The largest absolute Gasteiger partial charge is 0.460 e. The van der Waals surface area contributed by atoms with Crippen LogP contribution in [0, 0.1) is 41.5 Å². The van der Waals surface area contributed by atoms with Crippen molar-refractivity contribution < 1.29 is 23.4 Å². The third-order valence-corrected chi connectivity index (χ3v) is 8.95. The minimum atomic E-state index is -3.45. The standard InChI is InChI=1S/C28H41NO4P/c1-19-14-21(3)25(22(4)15-19)18-34(32,13-10-26(30)33-12-11-29(7,8)9)28(31)27-23(5)16-20(2)17-24(27)6/h14-17H,10-13,18H2,1-9H3/q+1. The van der Waals surface area contributed by atoms with E-state index in [1.54, 1.807) is 0 Å². The van der Waals surface area contributed by atoms with Gasteiger partial charge in [0.05, 0.1) is 27.6 Å². The molecule has 186 valence electrons. The second-order valence-corrected chi connectivity index (χ2v) is 13.7. The molecule has 0 saturated heterocycles. The van der Waals surface area contributed by atoms with Crippen LogP contribution in [0.2, 0.25) is 0 Å². The van der Waals surface area contributed by atoms with Gasteiger partial charge >= 0.3 is 5.97 Å². The van der Waals surface area contributed by atoms with Gasteiger partial charge in [-0.25, -0.2) is 0 Å². The summed E-state index contributed by atoms with van der Waals surface area (Å²) in [7, 11) is 2.63. The van der Waals surface area contributed by atoms with E-state index in [1.165, 1.54) is 0 Å². The molecule has 0 radical (unpaired) electrons. The van der Waals surface area contributed by atoms with Gasteiger partial charge in [-0.3, -0.25) is 9.59 Å². The fourth-order valence-electron chi connectivity index (χ4n) is 4.47. The van der Waals surface area contributed by atoms with Gasteiger partial charge in [-0.1, -0.05) is 35.4 Å². The van der Waals surface area contributed by atoms with E-state index in [0.29, 0.717) is 23.2 Å². The highest BCUT2D eigenvalue weighted by Gasteiger charge is 2.36. The van der Waals surface area contributed by atoms with E-state index >= 15 is 0 Å². The maximum atomic E-state index is 14.4. The maximum absolute atomic E-state index is 14.4. The number of carbonyl (C=O) groups is 2. The number of benzene rings is 2. The summed E-state index contributed by atoms with van der Waals surface area (Å²) in [6, 6.07) is 8.01. The molecule has 0 aliphatic rings. The van der Waals surface area contributed by atoms with Crippen molar-refractivity contribution >= 4 is 18.6 Å². The van der Waals surface area contributed by atoms with Crippen LogP contribution in [0.4, 0.5) is 0 Å². The Morgan fingerprint density at radius 2 is 1.29 bits per heavy atom. The van der Waals surface area contributed by atoms with Crippen LogP contribution in [-0.2, 0) is 20.3 Å². The highest BCUT2D eigenvalue weighted by molar-refractivity contribution is 7.80. The normalized spacial score (nSPS) is 13.4. The van der Waals surface area contributed by atoms with Crippen LogP contribution >= 0.6 is 7.14 Å². The number of quaternary nitrogens is 1. The summed E-state index contributed by atoms with van der Waals surface area (Å²) in [5, 5.41) is 0. The summed E-state index contributed by atoms with van der Waals surface area (Å²) in [5.74, 6) is -0.406. The van der Waals surface area contributed by atoms with Crippen molar-refractivity contribution in [3.8, 4) is 0 Å². The first-order chi connectivity index (χ1) is 15.6. The van der Waals surface area contributed by atoms with Gasteiger partial charge in [0.1, 0.15) is 13.2 Å². The monoisotopic (exact) mass is 486 g/mol. The van der Waals surface area contributed by atoms with E-state index in [1.807, 2.05) is 74.8 Å². The molecule has 0 spiro atoms. The summed E-state index contributed by atoms with van der Waals surface area (Å²) >= 11 is 0. The minimum absolute atomic E-state index is 0.00849. The molecule has 0 heterocycles. The highest BCUT2D eigenvalue weighted by Crippen LogP contribution is 2.54. The molecule has 34 heavy (non-hydrogen) atoms. The zero-order chi connectivity index (χ0) is 25.8. The number of hydrogen-bond acceptors (Lipinski definition) is 4. The van der Waals surface area contributed by atoms with Crippen molar-refractivity contribution in [2.24, 2.45) is 0 Å². The average Bonchev–Trinajstić information content (AvgIpc) is 2.67. The van der Waals surface area contributed by atoms with Crippen molar-refractivity contribution in [3.63, 3.8) is 0 Å². The molecule has 6 heteroatoms. The molecule has 0 aliphatic heterocycles. The van der Waals surface area contributed by atoms with Crippen LogP contribution in [0.15, 0.2) is 24.3 Å². The molecule has 0 aliphatic carbocycles. The predicted molar refractivity (Wildman–Crippen MR) is 140 cm³/mol. The summed E-state index contributed by atoms with van der Waals surface area (Å²) in [6.07, 6.45) is 0.130. The van der Waals surface area contributed by atoms with Gasteiger partial charge in [0.25, 0.3) is 0 Å². The molecule has 0 N–H and O–H groups in total. The average molecular weight is 487 g/mol. The Hall–Kier alpha value is -2.23. The van der Waals surface area contributed by atoms with Crippen LogP contribution in [0.1, 0.15) is 55.7 Å². The smallest absolute Gasteiger partial charge is 0.306 e. The molecule has 0 aromatic heterocycles. The Labute approximate surface area is 205 Å². The number of esters is 1. The lowest BCUT2D eigenvalue weighted by Gasteiger charge is -2.24. The lowest BCUT2D eigenvalue weighted by atomic mass is 10.0. The molecule has 0 amide bonds. The second kappa shape index (κ2) is 11.0. The Morgan fingerprint density at radius 3 is 1.76 bits per heavy atom. The van der Waals surface area contributed by atoms with Crippen molar-refractivity contribution in [1.82, 2.24) is 0 Å². The Kier molecular flexibility index (Phi) is 9.07. The Bertz CT molecular complexity index is 1080. The molecule has 5 nitrogen and oxygen atoms in total. The third-order valence-electron chi connectivity index (χ3n) is 6.22. The number of carbonyl (C=O) groups excluding carboxylic acids is 2. The number of ether oxygens (including phenoxy) is 1. The topological polar surface area (TPSA) is 60.4 Å². The van der Waals surface area contributed by atoms with E-state index in [9.17, 15) is 14.2 Å². The molecular weight excluding hydrogens is 445 g/mol. The molecule has 2 aromatic rings. The summed E-state index contributed by atoms with van der Waals surface area (Å²) < 4.78 is 20.5. The summed E-state index contributed by atoms with van der Waals surface area (Å²) in [6.45, 7) is 12.8. The van der Waals surface area contributed by atoms with Gasteiger partial charge in [-0.2, -0.15) is 0 Å². The first-order valence-electron chi connectivity index (χ1n) is 11.9. The fraction of sp³-hybridized carbons (Fsp3) is 0.500. The van der Waals surface area contributed by atoms with Gasteiger partial charge in [0.15, 0.2) is 7.14 Å². The molecular formula is C28H41NO4P+. The molecule has 1 atom stereocenters. The molecule has 2 aromatic carbocycles. The number of rotatable bonds is 10. The molecule has 0 fully saturated rings. The van der Waals surface area contributed by atoms with Gasteiger partial charge in [0.2, 0.25) is 5.52 Å². The zero-order valence-electron chi connectivity index (χ0n) is 22.4. The molecule has 1 unspecified atom stereocenters. The summed E-state index contributed by atoms with van der Waals surface area (Å²) in [5.41, 5.74) is 7.01. The van der Waals surface area contributed by atoms with E-state index in [0.717, 1.165) is 38.9 Å². The number of aryl methyl sites for hydroxylation is 6. The van der Waals surface area contributed by atoms with E-state index in [4.69, 9.17) is 4.74 Å². The Balaban J connectivity index is 2.39. The van der Waals surface area contributed by atoms with Gasteiger partial charge in [0, 0.05) is 17.9 Å². The molecule has 0 saturated carbocycles. The zero-order valence-corrected chi connectivity index (χ0v) is 23.3. The summed E-state index contributed by atoms with van der Waals surface area (Å²) in [4.78, 5) is 26.3. The van der Waals surface area contributed by atoms with E-state index in [2.05, 4.69) is 12.1 Å². The number of hydrogen-bond donors (Lipinski definition) is 0. The van der Waals surface area contributed by atoms with Gasteiger partial charge in [-0.15, -0.1) is 0 Å². The van der Waals surface area contributed by atoms with Crippen LogP contribution in [-0.4, -0.2) is 56.4 Å². The third kappa shape index (κ3) is 7.38. The molecule has 0 bridgehead atoms. The quantitative estimate of drug-likeness (QED) is 0.239. The second-order valence-electron chi connectivity index (χ2n) is 10.7. The first kappa shape index (κ1) is 28.0. The Morgan fingerprint density at radius 1 is 0.824 bits per heavy atom. The van der Waals surface area contributed by atoms with E-state index in [-0.39, 0.29) is 24.3 Å². The lowest BCUT2D eigenvalue weighted by Crippen LogP contribution is -2.38. The SMILES string of the molecule is Cc1cc(C)c(CP(=O)(CCC(=O)OCC[N+](C)(C)C)C(=O)c2c(C)cc(C)cc2C)c(C)c1. The fourth-order valence-corrected chi connectivity index (χ4v) is 7.28. The van der Waals surface area contributed by atoms with E-state index < -0.39 is 13.1 Å². The van der Waals surface area contributed by atoms with Crippen LogP contribution in [0.3, 0.4) is 0 Å². The van der Waals surface area contributed by atoms with Crippen LogP contribution in [0.25, 0.3) is 0 Å². The van der Waals surface area contributed by atoms with Crippen molar-refractivity contribution in [1.29, 1.82) is 0 Å².